The maximum Gasteiger partial charge on any atom is 2.00 e. The number of ether oxygens (including phenoxy) is 1. The van der Waals surface area contributed by atoms with Crippen LogP contribution in [0.1, 0.15) is 5.56 Å². The van der Waals surface area contributed by atoms with Crippen molar-refractivity contribution in [3.63, 3.8) is 0 Å². The fraction of sp³-hybridized carbons (Fsp3) is 0.0526. The van der Waals surface area contributed by atoms with Gasteiger partial charge in [0, 0.05) is 12.4 Å². The smallest absolute Gasteiger partial charge is 0.590 e. The molecule has 0 saturated heterocycles. The van der Waals surface area contributed by atoms with E-state index in [1.807, 2.05) is 36.4 Å². The zero-order chi connectivity index (χ0) is 19.5. The largest absolute Gasteiger partial charge is 2.00 e. The number of para-hydroxylation sites is 1. The van der Waals surface area contributed by atoms with E-state index < -0.39 is 0 Å². The molecular formula is C19H20N5NiO2S+3. The number of nitrogens with two attached hydrogens (primary N) is 1. The number of hydrazone groups is 1. The van der Waals surface area contributed by atoms with Gasteiger partial charge in [-0.2, -0.15) is 5.10 Å². The monoisotopic (exact) mass is 440 g/mol. The molecular weight excluding hydrogens is 421 g/mol. The molecule has 2 aromatic heterocycles. The second-order valence-electron chi connectivity index (χ2n) is 5.09. The number of aromatic nitrogens is 2. The first-order valence-electron chi connectivity index (χ1n) is 7.91. The van der Waals surface area contributed by atoms with Crippen LogP contribution >= 0.6 is 12.2 Å². The summed E-state index contributed by atoms with van der Waals surface area (Å²) in [6.07, 6.45) is 5.00. The molecule has 0 aliphatic carbocycles. The third-order valence-corrected chi connectivity index (χ3v) is 3.34. The molecule has 0 unspecified atom stereocenters. The number of hydrogen-bond donors (Lipinski definition) is 2. The first-order valence-corrected chi connectivity index (χ1v) is 8.32. The Hall–Kier alpha value is -3.03. The van der Waals surface area contributed by atoms with Gasteiger partial charge in [-0.15, -0.1) is 0 Å². The normalized spacial score (nSPS) is 9.61. The van der Waals surface area contributed by atoms with Crippen molar-refractivity contribution >= 4 is 23.5 Å². The minimum Gasteiger partial charge on any atom is -0.590 e. The predicted molar refractivity (Wildman–Crippen MR) is 111 cm³/mol. The van der Waals surface area contributed by atoms with Crippen molar-refractivity contribution in [2.75, 3.05) is 7.11 Å². The summed E-state index contributed by atoms with van der Waals surface area (Å²) in [7, 11) is 1.52. The van der Waals surface area contributed by atoms with Crippen molar-refractivity contribution in [2.45, 2.75) is 0 Å². The number of nitrogens with zero attached hydrogens (tertiary/aromatic N) is 3. The Morgan fingerprint density at radius 1 is 1.07 bits per heavy atom. The SMILES string of the molecule is COc1cccc(C=NNC(N)=S)c1[OH2+].[Ni+2].c1ccc(-c2ccccn2)nc1. The Balaban J connectivity index is 0.000000275. The van der Waals surface area contributed by atoms with E-state index in [2.05, 4.69) is 32.7 Å². The van der Waals surface area contributed by atoms with Crippen LogP contribution in [0.25, 0.3) is 11.4 Å². The van der Waals surface area contributed by atoms with E-state index in [1.165, 1.54) is 13.3 Å². The van der Waals surface area contributed by atoms with Crippen LogP contribution in [-0.4, -0.2) is 33.5 Å². The molecule has 7 nitrogen and oxygen atoms in total. The average molecular weight is 441 g/mol. The molecule has 0 spiro atoms. The molecule has 0 fully saturated rings. The van der Waals surface area contributed by atoms with Gasteiger partial charge in [0.05, 0.1) is 30.3 Å². The van der Waals surface area contributed by atoms with E-state index in [9.17, 15) is 0 Å². The van der Waals surface area contributed by atoms with Crippen LogP contribution in [0.5, 0.6) is 11.5 Å². The van der Waals surface area contributed by atoms with Crippen molar-refractivity contribution in [2.24, 2.45) is 10.8 Å². The fourth-order valence-electron chi connectivity index (χ4n) is 2.02. The Morgan fingerprint density at radius 3 is 2.14 bits per heavy atom. The summed E-state index contributed by atoms with van der Waals surface area (Å²) in [5.41, 5.74) is 10.1. The van der Waals surface area contributed by atoms with Gasteiger partial charge in [-0.05, 0) is 48.6 Å². The summed E-state index contributed by atoms with van der Waals surface area (Å²) in [5, 5.41) is 11.6. The quantitative estimate of drug-likeness (QED) is 0.212. The van der Waals surface area contributed by atoms with E-state index in [-0.39, 0.29) is 27.4 Å². The first kappa shape index (κ1) is 23.0. The summed E-state index contributed by atoms with van der Waals surface area (Å²) >= 11 is 4.57. The molecule has 0 aliphatic rings. The van der Waals surface area contributed by atoms with E-state index in [1.54, 1.807) is 30.6 Å². The van der Waals surface area contributed by atoms with Crippen LogP contribution in [0.4, 0.5) is 0 Å². The maximum absolute atomic E-state index is 7.72. The van der Waals surface area contributed by atoms with Crippen LogP contribution in [0.3, 0.4) is 0 Å². The average Bonchev–Trinajstić information content (AvgIpc) is 2.71. The molecule has 2 heterocycles. The van der Waals surface area contributed by atoms with Crippen LogP contribution in [0.2, 0.25) is 0 Å². The molecule has 0 radical (unpaired) electrons. The molecule has 28 heavy (non-hydrogen) atoms. The molecule has 0 aliphatic heterocycles. The molecule has 3 aromatic rings. The molecule has 1 aromatic carbocycles. The van der Waals surface area contributed by atoms with Gasteiger partial charge < -0.3 is 15.6 Å². The van der Waals surface area contributed by atoms with E-state index in [0.717, 1.165) is 11.4 Å². The van der Waals surface area contributed by atoms with Gasteiger partial charge in [-0.3, -0.25) is 15.4 Å². The molecule has 0 atom stereocenters. The number of thiocarbonyl (C=S) groups is 1. The first-order chi connectivity index (χ1) is 13.1. The molecule has 0 bridgehead atoms. The van der Waals surface area contributed by atoms with Crippen molar-refractivity contribution < 1.29 is 26.3 Å². The van der Waals surface area contributed by atoms with Gasteiger partial charge in [0.25, 0.3) is 0 Å². The third kappa shape index (κ3) is 7.30. The summed E-state index contributed by atoms with van der Waals surface area (Å²) < 4.78 is 4.99. The van der Waals surface area contributed by atoms with Crippen LogP contribution < -0.4 is 15.9 Å². The van der Waals surface area contributed by atoms with Crippen LogP contribution in [0.15, 0.2) is 72.1 Å². The topological polar surface area (TPSA) is 108 Å². The third-order valence-electron chi connectivity index (χ3n) is 3.25. The van der Waals surface area contributed by atoms with E-state index in [0.29, 0.717) is 11.3 Å². The second kappa shape index (κ2) is 12.4. The number of hydrogen-bond acceptors (Lipinski definition) is 5. The Bertz CT molecular complexity index is 858. The predicted octanol–water partition coefficient (Wildman–Crippen LogP) is 2.44. The van der Waals surface area contributed by atoms with Gasteiger partial charge in [-0.25, -0.2) is 0 Å². The van der Waals surface area contributed by atoms with Gasteiger partial charge in [0.15, 0.2) is 5.11 Å². The van der Waals surface area contributed by atoms with Crippen molar-refractivity contribution in [1.82, 2.24) is 15.4 Å². The van der Waals surface area contributed by atoms with Crippen molar-refractivity contribution in [3.05, 3.63) is 72.6 Å². The van der Waals surface area contributed by atoms with Crippen molar-refractivity contribution in [3.8, 4) is 22.9 Å². The molecule has 0 saturated carbocycles. The van der Waals surface area contributed by atoms with Crippen LogP contribution in [0, 0.1) is 0 Å². The van der Waals surface area contributed by atoms with Crippen LogP contribution in [-0.2, 0) is 16.5 Å². The Morgan fingerprint density at radius 2 is 1.68 bits per heavy atom. The Labute approximate surface area is 178 Å². The summed E-state index contributed by atoms with van der Waals surface area (Å²) in [6.45, 7) is 0. The summed E-state index contributed by atoms with van der Waals surface area (Å²) in [6, 6.07) is 16.8. The second-order valence-corrected chi connectivity index (χ2v) is 5.53. The fourth-order valence-corrected chi connectivity index (χ4v) is 2.07. The number of pyridine rings is 2. The standard InChI is InChI=1S/C10H8N2.C9H11N3O2S.Ni/c1-3-7-11-9(5-1)10-6-2-4-8-12-10;1-14-7-4-2-3-6(8(7)13)5-11-12-9(10)15;/h1-8H;2-5,13H,1H3,(H3,10,12,15);/q;;+2/p+1. The van der Waals surface area contributed by atoms with Gasteiger partial charge in [0.2, 0.25) is 5.75 Å². The molecule has 0 amide bonds. The molecule has 3 rings (SSSR count). The minimum absolute atomic E-state index is 0. The van der Waals surface area contributed by atoms with Crippen molar-refractivity contribution in [1.29, 1.82) is 0 Å². The van der Waals surface area contributed by atoms with Gasteiger partial charge in [-0.1, -0.05) is 18.2 Å². The van der Waals surface area contributed by atoms with E-state index in [4.69, 9.17) is 15.6 Å². The molecule has 9 heteroatoms. The maximum atomic E-state index is 7.72. The molecule has 146 valence electrons. The summed E-state index contributed by atoms with van der Waals surface area (Å²) in [4.78, 5) is 8.37. The zero-order valence-electron chi connectivity index (χ0n) is 15.0. The number of benzene rings is 1. The van der Waals surface area contributed by atoms with E-state index >= 15 is 0 Å². The number of rotatable bonds is 4. The zero-order valence-corrected chi connectivity index (χ0v) is 16.8. The van der Waals surface area contributed by atoms with Gasteiger partial charge in [0.1, 0.15) is 0 Å². The minimum atomic E-state index is 0. The Kier molecular flexibility index (Phi) is 10.2. The van der Waals surface area contributed by atoms with Gasteiger partial charge >= 0.3 is 22.2 Å². The molecule has 5 N–H and O–H groups in total. The summed E-state index contributed by atoms with van der Waals surface area (Å²) in [5.74, 6) is 0.766. The number of nitrogens with one attached hydrogen (secondary N) is 1. The number of methoxy groups -OCH3 is 1.